The van der Waals surface area contributed by atoms with Crippen LogP contribution in [-0.4, -0.2) is 35.5 Å². The fraction of sp³-hybridized carbons (Fsp3) is 0.955. The Morgan fingerprint density at radius 3 is 2.56 bits per heavy atom. The Morgan fingerprint density at radius 1 is 1.24 bits per heavy atom. The lowest BCUT2D eigenvalue weighted by Crippen LogP contribution is -2.56. The van der Waals surface area contributed by atoms with Gasteiger partial charge in [-0.15, -0.1) is 0 Å². The van der Waals surface area contributed by atoms with Gasteiger partial charge in [0.25, 0.3) is 0 Å². The van der Waals surface area contributed by atoms with Crippen LogP contribution in [0.3, 0.4) is 0 Å². The number of nitrogens with zero attached hydrogens (tertiary/aromatic N) is 1. The second-order valence-electron chi connectivity index (χ2n) is 10.0. The van der Waals surface area contributed by atoms with Crippen LogP contribution in [-0.2, 0) is 4.79 Å². The van der Waals surface area contributed by atoms with Gasteiger partial charge < -0.3 is 5.32 Å². The molecule has 4 atom stereocenters. The summed E-state index contributed by atoms with van der Waals surface area (Å²) in [6.07, 6.45) is 11.3. The summed E-state index contributed by atoms with van der Waals surface area (Å²) in [5.41, 5.74) is 0.0358. The van der Waals surface area contributed by atoms with Gasteiger partial charge in [-0.3, -0.25) is 9.69 Å². The van der Waals surface area contributed by atoms with Crippen molar-refractivity contribution < 1.29 is 4.79 Å². The molecule has 0 aromatic heterocycles. The Morgan fingerprint density at radius 2 is 1.92 bits per heavy atom. The van der Waals surface area contributed by atoms with Crippen molar-refractivity contribution in [2.75, 3.05) is 13.1 Å². The van der Waals surface area contributed by atoms with Crippen molar-refractivity contribution in [3.8, 4) is 0 Å². The van der Waals surface area contributed by atoms with Crippen molar-refractivity contribution >= 4 is 5.91 Å². The van der Waals surface area contributed by atoms with Gasteiger partial charge in [-0.2, -0.15) is 0 Å². The summed E-state index contributed by atoms with van der Waals surface area (Å²) in [6.45, 7) is 11.5. The molecule has 3 nitrogen and oxygen atoms in total. The van der Waals surface area contributed by atoms with Crippen LogP contribution in [0, 0.1) is 23.7 Å². The summed E-state index contributed by atoms with van der Waals surface area (Å²) < 4.78 is 0. The number of carbonyl (C=O) groups excluding carboxylic acids is 1. The molecule has 2 saturated carbocycles. The molecule has 3 rings (SSSR count). The summed E-state index contributed by atoms with van der Waals surface area (Å²) in [7, 11) is 0. The van der Waals surface area contributed by atoms with Crippen LogP contribution < -0.4 is 5.32 Å². The van der Waals surface area contributed by atoms with Gasteiger partial charge in [-0.05, 0) is 88.5 Å². The molecular weight excluding hydrogens is 308 g/mol. The predicted molar refractivity (Wildman–Crippen MR) is 104 cm³/mol. The number of hydrogen-bond acceptors (Lipinski definition) is 2. The minimum atomic E-state index is 0.0358. The van der Waals surface area contributed by atoms with Crippen LogP contribution >= 0.6 is 0 Å². The SMILES string of the molecule is CCCC(C)CN1CCCC1C(=O)NC1(C)CC2CC(C)CC(C2)C1. The van der Waals surface area contributed by atoms with Crippen molar-refractivity contribution in [3.63, 3.8) is 0 Å². The number of nitrogens with one attached hydrogen (secondary N) is 1. The Kier molecular flexibility index (Phi) is 6.13. The first-order valence-electron chi connectivity index (χ1n) is 10.9. The lowest BCUT2D eigenvalue weighted by molar-refractivity contribution is -0.128. The number of carbonyl (C=O) groups is 1. The molecule has 2 aliphatic carbocycles. The molecule has 144 valence electrons. The highest BCUT2D eigenvalue weighted by atomic mass is 16.2. The second kappa shape index (κ2) is 7.98. The van der Waals surface area contributed by atoms with E-state index in [0.29, 0.717) is 11.8 Å². The number of fused-ring (bicyclic) bond motifs is 2. The van der Waals surface area contributed by atoms with E-state index in [0.717, 1.165) is 37.3 Å². The highest BCUT2D eigenvalue weighted by Gasteiger charge is 2.43. The van der Waals surface area contributed by atoms with E-state index in [-0.39, 0.29) is 11.6 Å². The minimum absolute atomic E-state index is 0.0358. The van der Waals surface area contributed by atoms with E-state index < -0.39 is 0 Å². The van der Waals surface area contributed by atoms with Gasteiger partial charge in [0.2, 0.25) is 5.91 Å². The van der Waals surface area contributed by atoms with Gasteiger partial charge in [0.05, 0.1) is 6.04 Å². The van der Waals surface area contributed by atoms with Gasteiger partial charge >= 0.3 is 0 Å². The van der Waals surface area contributed by atoms with E-state index in [2.05, 4.69) is 37.9 Å². The highest BCUT2D eigenvalue weighted by Crippen LogP contribution is 2.46. The van der Waals surface area contributed by atoms with Gasteiger partial charge in [0.15, 0.2) is 0 Å². The lowest BCUT2D eigenvalue weighted by atomic mass is 9.62. The fourth-order valence-electron chi connectivity index (χ4n) is 6.40. The zero-order valence-corrected chi connectivity index (χ0v) is 17.0. The first kappa shape index (κ1) is 19.2. The third-order valence-electron chi connectivity index (χ3n) is 7.04. The monoisotopic (exact) mass is 348 g/mol. The maximum Gasteiger partial charge on any atom is 0.237 e. The normalized spacial score (nSPS) is 40.0. The molecule has 0 aromatic rings. The molecule has 3 heteroatoms. The molecule has 1 heterocycles. The number of likely N-dealkylation sites (tertiary alicyclic amines) is 1. The van der Waals surface area contributed by atoms with Crippen molar-refractivity contribution in [2.24, 2.45) is 23.7 Å². The maximum atomic E-state index is 13.1. The Balaban J connectivity index is 1.57. The molecule has 1 aliphatic heterocycles. The molecule has 3 aliphatic rings. The molecule has 3 fully saturated rings. The third-order valence-corrected chi connectivity index (χ3v) is 7.04. The van der Waals surface area contributed by atoms with Gasteiger partial charge in [-0.1, -0.05) is 27.2 Å². The summed E-state index contributed by atoms with van der Waals surface area (Å²) >= 11 is 0. The molecule has 2 bridgehead atoms. The number of hydrogen-bond donors (Lipinski definition) is 1. The van der Waals surface area contributed by atoms with E-state index >= 15 is 0 Å². The summed E-state index contributed by atoms with van der Waals surface area (Å²) in [4.78, 5) is 15.6. The minimum Gasteiger partial charge on any atom is -0.350 e. The Hall–Kier alpha value is -0.570. The molecule has 1 amide bonds. The van der Waals surface area contributed by atoms with E-state index in [1.54, 1.807) is 0 Å². The molecule has 1 N–H and O–H groups in total. The van der Waals surface area contributed by atoms with Crippen LogP contribution in [0.5, 0.6) is 0 Å². The molecule has 0 spiro atoms. The Labute approximate surface area is 155 Å². The average Bonchev–Trinajstić information content (AvgIpc) is 2.93. The largest absolute Gasteiger partial charge is 0.350 e. The first-order chi connectivity index (χ1) is 11.9. The number of rotatable bonds is 6. The van der Waals surface area contributed by atoms with Crippen LogP contribution in [0.4, 0.5) is 0 Å². The molecule has 0 radical (unpaired) electrons. The topological polar surface area (TPSA) is 32.3 Å². The smallest absolute Gasteiger partial charge is 0.237 e. The van der Waals surface area contributed by atoms with Gasteiger partial charge in [0.1, 0.15) is 0 Å². The third kappa shape index (κ3) is 4.78. The lowest BCUT2D eigenvalue weighted by Gasteiger charge is -2.48. The van der Waals surface area contributed by atoms with E-state index in [9.17, 15) is 4.79 Å². The van der Waals surface area contributed by atoms with E-state index in [4.69, 9.17) is 0 Å². The summed E-state index contributed by atoms with van der Waals surface area (Å²) in [5.74, 6) is 3.56. The fourth-order valence-corrected chi connectivity index (χ4v) is 6.40. The molecule has 1 saturated heterocycles. The zero-order valence-electron chi connectivity index (χ0n) is 17.0. The first-order valence-corrected chi connectivity index (χ1v) is 10.9. The van der Waals surface area contributed by atoms with Crippen molar-refractivity contribution in [1.82, 2.24) is 10.2 Å². The summed E-state index contributed by atoms with van der Waals surface area (Å²) in [6, 6.07) is 0.122. The second-order valence-corrected chi connectivity index (χ2v) is 10.0. The zero-order chi connectivity index (χ0) is 18.0. The molecule has 25 heavy (non-hydrogen) atoms. The molecule has 4 unspecified atom stereocenters. The highest BCUT2D eigenvalue weighted by molar-refractivity contribution is 5.82. The van der Waals surface area contributed by atoms with Crippen LogP contribution in [0.15, 0.2) is 0 Å². The number of amides is 1. The Bertz CT molecular complexity index is 445. The quantitative estimate of drug-likeness (QED) is 0.760. The van der Waals surface area contributed by atoms with Crippen molar-refractivity contribution in [3.05, 3.63) is 0 Å². The maximum absolute atomic E-state index is 13.1. The van der Waals surface area contributed by atoms with Gasteiger partial charge in [-0.25, -0.2) is 0 Å². The van der Waals surface area contributed by atoms with E-state index in [1.807, 2.05) is 0 Å². The van der Waals surface area contributed by atoms with E-state index in [1.165, 1.54) is 51.4 Å². The van der Waals surface area contributed by atoms with Gasteiger partial charge in [0, 0.05) is 12.1 Å². The van der Waals surface area contributed by atoms with Crippen LogP contribution in [0.2, 0.25) is 0 Å². The van der Waals surface area contributed by atoms with Crippen LogP contribution in [0.1, 0.15) is 85.5 Å². The average molecular weight is 349 g/mol. The predicted octanol–water partition coefficient (Wildman–Crippen LogP) is 4.61. The summed E-state index contributed by atoms with van der Waals surface area (Å²) in [5, 5.41) is 3.54. The van der Waals surface area contributed by atoms with Crippen molar-refractivity contribution in [2.45, 2.75) is 97.1 Å². The molecular formula is C22H40N2O. The van der Waals surface area contributed by atoms with Crippen LogP contribution in [0.25, 0.3) is 0 Å². The standard InChI is InChI=1S/C22H40N2O/c1-5-7-16(2)15-24-9-6-8-20(24)21(25)23-22(4)13-18-10-17(3)11-19(12-18)14-22/h16-20H,5-15H2,1-4H3,(H,23,25). The van der Waals surface area contributed by atoms with Crippen molar-refractivity contribution in [1.29, 1.82) is 0 Å². The molecule has 0 aromatic carbocycles.